The number of rotatable bonds is 5. The van der Waals surface area contributed by atoms with E-state index in [-0.39, 0.29) is 12.4 Å². The zero-order chi connectivity index (χ0) is 13.0. The van der Waals surface area contributed by atoms with Crippen LogP contribution in [0.25, 0.3) is 0 Å². The van der Waals surface area contributed by atoms with Crippen LogP contribution in [0.3, 0.4) is 0 Å². The zero-order valence-corrected chi connectivity index (χ0v) is 9.95. The Labute approximate surface area is 104 Å². The summed E-state index contributed by atoms with van der Waals surface area (Å²) in [6.07, 6.45) is 1.04. The maximum Gasteiger partial charge on any atom is 0.123 e. The average Bonchev–Trinajstić information content (AvgIpc) is 2.74. The van der Waals surface area contributed by atoms with E-state index in [1.165, 1.54) is 24.3 Å². The van der Waals surface area contributed by atoms with Crippen molar-refractivity contribution in [3.63, 3.8) is 0 Å². The second-order valence-electron chi connectivity index (χ2n) is 4.00. The quantitative estimate of drug-likeness (QED) is 0.866. The maximum absolute atomic E-state index is 12.7. The van der Waals surface area contributed by atoms with Gasteiger partial charge in [-0.2, -0.15) is 0 Å². The van der Waals surface area contributed by atoms with Crippen LogP contribution in [0.4, 0.5) is 4.39 Å². The van der Waals surface area contributed by atoms with Gasteiger partial charge in [0, 0.05) is 6.20 Å². The Bertz CT molecular complexity index is 498. The molecule has 0 radical (unpaired) electrons. The number of nitrogens with zero attached hydrogens (tertiary/aromatic N) is 3. The lowest BCUT2D eigenvalue weighted by molar-refractivity contribution is 0.0888. The Hall–Kier alpha value is -1.95. The fraction of sp³-hybridized carbons (Fsp3) is 0.333. The van der Waals surface area contributed by atoms with Crippen molar-refractivity contribution >= 4 is 0 Å². The van der Waals surface area contributed by atoms with Gasteiger partial charge in [-0.15, -0.1) is 5.10 Å². The Kier molecular flexibility index (Phi) is 3.88. The number of aliphatic hydroxyl groups excluding tert-OH is 1. The minimum Gasteiger partial charge on any atom is -0.491 e. The van der Waals surface area contributed by atoms with E-state index in [0.717, 1.165) is 5.69 Å². The van der Waals surface area contributed by atoms with E-state index < -0.39 is 6.10 Å². The third-order valence-electron chi connectivity index (χ3n) is 2.31. The summed E-state index contributed by atoms with van der Waals surface area (Å²) in [6, 6.07) is 5.65. The minimum absolute atomic E-state index is 0.116. The van der Waals surface area contributed by atoms with Crippen LogP contribution >= 0.6 is 0 Å². The van der Waals surface area contributed by atoms with Crippen molar-refractivity contribution < 1.29 is 14.2 Å². The Morgan fingerprint density at radius 1 is 1.39 bits per heavy atom. The number of halogens is 1. The normalized spacial score (nSPS) is 12.4. The summed E-state index contributed by atoms with van der Waals surface area (Å²) in [6.45, 7) is 2.25. The summed E-state index contributed by atoms with van der Waals surface area (Å²) in [5.74, 6) is 0.200. The topological polar surface area (TPSA) is 60.2 Å². The first-order chi connectivity index (χ1) is 8.63. The molecule has 0 amide bonds. The summed E-state index contributed by atoms with van der Waals surface area (Å²) in [5, 5.41) is 17.4. The molecular formula is C12H14FN3O2. The second kappa shape index (κ2) is 5.59. The Morgan fingerprint density at radius 2 is 2.11 bits per heavy atom. The average molecular weight is 251 g/mol. The van der Waals surface area contributed by atoms with Gasteiger partial charge in [0.2, 0.25) is 0 Å². The zero-order valence-electron chi connectivity index (χ0n) is 9.95. The monoisotopic (exact) mass is 251 g/mol. The predicted molar refractivity (Wildman–Crippen MR) is 62.7 cm³/mol. The molecule has 1 aromatic heterocycles. The lowest BCUT2D eigenvalue weighted by atomic mass is 10.3. The van der Waals surface area contributed by atoms with E-state index >= 15 is 0 Å². The first-order valence-electron chi connectivity index (χ1n) is 5.56. The smallest absolute Gasteiger partial charge is 0.123 e. The number of hydrogen-bond acceptors (Lipinski definition) is 4. The summed E-state index contributed by atoms with van der Waals surface area (Å²) >= 11 is 0. The molecule has 0 aliphatic carbocycles. The van der Waals surface area contributed by atoms with Crippen LogP contribution < -0.4 is 4.74 Å². The fourth-order valence-electron chi connectivity index (χ4n) is 1.48. The van der Waals surface area contributed by atoms with Gasteiger partial charge in [0.05, 0.1) is 12.2 Å². The standard InChI is InChI=1S/C12H14FN3O2/c1-9-6-16(15-14-9)7-11(17)8-18-12-4-2-10(13)3-5-12/h2-6,11,17H,7-8H2,1H3. The number of benzene rings is 1. The molecule has 0 bridgehead atoms. The first kappa shape index (κ1) is 12.5. The third kappa shape index (κ3) is 3.53. The highest BCUT2D eigenvalue weighted by molar-refractivity contribution is 5.22. The van der Waals surface area contributed by atoms with E-state index in [2.05, 4.69) is 10.3 Å². The Balaban J connectivity index is 1.81. The second-order valence-corrected chi connectivity index (χ2v) is 4.00. The fourth-order valence-corrected chi connectivity index (χ4v) is 1.48. The molecule has 2 aromatic rings. The van der Waals surface area contributed by atoms with E-state index in [9.17, 15) is 9.50 Å². The number of aromatic nitrogens is 3. The number of hydrogen-bond donors (Lipinski definition) is 1. The van der Waals surface area contributed by atoms with Gasteiger partial charge in [0.25, 0.3) is 0 Å². The van der Waals surface area contributed by atoms with Gasteiger partial charge in [0.15, 0.2) is 0 Å². The van der Waals surface area contributed by atoms with Crippen LogP contribution in [0, 0.1) is 12.7 Å². The van der Waals surface area contributed by atoms with Gasteiger partial charge in [-0.3, -0.25) is 0 Å². The molecule has 0 fully saturated rings. The van der Waals surface area contributed by atoms with Crippen LogP contribution in [-0.2, 0) is 6.54 Å². The van der Waals surface area contributed by atoms with Crippen LogP contribution in [0.2, 0.25) is 0 Å². The van der Waals surface area contributed by atoms with Crippen molar-refractivity contribution in [1.82, 2.24) is 15.0 Å². The summed E-state index contributed by atoms with van der Waals surface area (Å²) in [4.78, 5) is 0. The lowest BCUT2D eigenvalue weighted by Gasteiger charge is -2.11. The van der Waals surface area contributed by atoms with Crippen LogP contribution in [-0.4, -0.2) is 32.8 Å². The molecule has 0 spiro atoms. The summed E-state index contributed by atoms with van der Waals surface area (Å²) < 4.78 is 19.5. The van der Waals surface area contributed by atoms with Crippen LogP contribution in [0.5, 0.6) is 5.75 Å². The molecule has 1 heterocycles. The van der Waals surface area contributed by atoms with Gasteiger partial charge in [0.1, 0.15) is 24.3 Å². The van der Waals surface area contributed by atoms with Crippen molar-refractivity contribution in [2.45, 2.75) is 19.6 Å². The lowest BCUT2D eigenvalue weighted by Crippen LogP contribution is -2.23. The van der Waals surface area contributed by atoms with Gasteiger partial charge in [-0.25, -0.2) is 9.07 Å². The number of aliphatic hydroxyl groups is 1. The maximum atomic E-state index is 12.7. The first-order valence-corrected chi connectivity index (χ1v) is 5.56. The van der Waals surface area contributed by atoms with Crippen LogP contribution in [0.15, 0.2) is 30.5 Å². The molecule has 6 heteroatoms. The largest absolute Gasteiger partial charge is 0.491 e. The molecule has 0 saturated heterocycles. The molecule has 0 saturated carbocycles. The summed E-state index contributed by atoms with van der Waals surface area (Å²) in [5.41, 5.74) is 0.793. The Morgan fingerprint density at radius 3 is 2.72 bits per heavy atom. The third-order valence-corrected chi connectivity index (χ3v) is 2.31. The van der Waals surface area contributed by atoms with E-state index in [1.54, 1.807) is 10.9 Å². The molecule has 1 unspecified atom stereocenters. The van der Waals surface area contributed by atoms with Gasteiger partial charge < -0.3 is 9.84 Å². The SMILES string of the molecule is Cc1cn(CC(O)COc2ccc(F)cc2)nn1. The molecular weight excluding hydrogens is 237 g/mol. The molecule has 5 nitrogen and oxygen atoms in total. The highest BCUT2D eigenvalue weighted by Crippen LogP contribution is 2.11. The molecule has 0 aliphatic heterocycles. The molecule has 18 heavy (non-hydrogen) atoms. The van der Waals surface area contributed by atoms with E-state index in [0.29, 0.717) is 12.3 Å². The van der Waals surface area contributed by atoms with Gasteiger partial charge in [-0.05, 0) is 31.2 Å². The van der Waals surface area contributed by atoms with Gasteiger partial charge >= 0.3 is 0 Å². The van der Waals surface area contributed by atoms with Crippen molar-refractivity contribution in [2.24, 2.45) is 0 Å². The molecule has 2 rings (SSSR count). The molecule has 1 N–H and O–H groups in total. The molecule has 1 atom stereocenters. The highest BCUT2D eigenvalue weighted by atomic mass is 19.1. The number of ether oxygens (including phenoxy) is 1. The van der Waals surface area contributed by atoms with E-state index in [4.69, 9.17) is 4.74 Å². The predicted octanol–water partition coefficient (Wildman–Crippen LogP) is 1.17. The van der Waals surface area contributed by atoms with Crippen molar-refractivity contribution in [1.29, 1.82) is 0 Å². The van der Waals surface area contributed by atoms with Crippen LogP contribution in [0.1, 0.15) is 5.69 Å². The van der Waals surface area contributed by atoms with E-state index in [1.807, 2.05) is 6.92 Å². The number of aryl methyl sites for hydroxylation is 1. The van der Waals surface area contributed by atoms with Crippen molar-refractivity contribution in [3.8, 4) is 5.75 Å². The molecule has 0 aliphatic rings. The minimum atomic E-state index is -0.698. The molecule has 1 aromatic carbocycles. The van der Waals surface area contributed by atoms with Crippen molar-refractivity contribution in [3.05, 3.63) is 42.0 Å². The van der Waals surface area contributed by atoms with Crippen molar-refractivity contribution in [2.75, 3.05) is 6.61 Å². The summed E-state index contributed by atoms with van der Waals surface area (Å²) in [7, 11) is 0. The van der Waals surface area contributed by atoms with Gasteiger partial charge in [-0.1, -0.05) is 5.21 Å². The highest BCUT2D eigenvalue weighted by Gasteiger charge is 2.07. The molecule has 96 valence electrons.